The molecule has 1 N–H and O–H groups in total. The lowest BCUT2D eigenvalue weighted by Crippen LogP contribution is -2.32. The molecule has 0 amide bonds. The molecule has 0 saturated heterocycles. The summed E-state index contributed by atoms with van der Waals surface area (Å²) in [7, 11) is 0. The van der Waals surface area contributed by atoms with Crippen molar-refractivity contribution in [1.29, 1.82) is 0 Å². The van der Waals surface area contributed by atoms with Gasteiger partial charge >= 0.3 is 0 Å². The average molecular weight is 201 g/mol. The van der Waals surface area contributed by atoms with Gasteiger partial charge < -0.3 is 10.3 Å². The van der Waals surface area contributed by atoms with Gasteiger partial charge in [0.1, 0.15) is 0 Å². The molecule has 2 aromatic rings. The second kappa shape index (κ2) is 4.11. The zero-order valence-electron chi connectivity index (χ0n) is 8.08. The highest BCUT2D eigenvalue weighted by atomic mass is 16.5. The Balaban J connectivity index is 2.37. The first kappa shape index (κ1) is 9.68. The SMILES string of the molecule is [O-][n+]1ccccc1[C@@H](O)c1ccccc1. The first-order valence-electron chi connectivity index (χ1n) is 4.70. The topological polar surface area (TPSA) is 47.2 Å². The van der Waals surface area contributed by atoms with Gasteiger partial charge in [0.15, 0.2) is 12.3 Å². The molecule has 0 aliphatic carbocycles. The van der Waals surface area contributed by atoms with Crippen LogP contribution in [0.15, 0.2) is 54.7 Å². The number of aliphatic hydroxyl groups excluding tert-OH is 1. The number of hydrogen-bond acceptors (Lipinski definition) is 2. The molecule has 0 radical (unpaired) electrons. The van der Waals surface area contributed by atoms with Gasteiger partial charge in [0.25, 0.3) is 0 Å². The summed E-state index contributed by atoms with van der Waals surface area (Å²) in [6.07, 6.45) is 0.506. The number of hydrogen-bond donors (Lipinski definition) is 1. The lowest BCUT2D eigenvalue weighted by molar-refractivity contribution is -0.617. The van der Waals surface area contributed by atoms with Gasteiger partial charge in [-0.15, -0.1) is 0 Å². The van der Waals surface area contributed by atoms with Crippen LogP contribution in [0.2, 0.25) is 0 Å². The second-order valence-electron chi connectivity index (χ2n) is 3.26. The zero-order chi connectivity index (χ0) is 10.7. The fourth-order valence-corrected chi connectivity index (χ4v) is 1.46. The summed E-state index contributed by atoms with van der Waals surface area (Å²) in [6.45, 7) is 0. The van der Waals surface area contributed by atoms with E-state index in [2.05, 4.69) is 0 Å². The summed E-state index contributed by atoms with van der Waals surface area (Å²) in [6, 6.07) is 14.1. The van der Waals surface area contributed by atoms with Crippen LogP contribution >= 0.6 is 0 Å². The second-order valence-corrected chi connectivity index (χ2v) is 3.26. The van der Waals surface area contributed by atoms with E-state index < -0.39 is 6.10 Å². The van der Waals surface area contributed by atoms with E-state index in [0.29, 0.717) is 16.0 Å². The molecule has 0 aliphatic heterocycles. The van der Waals surface area contributed by atoms with Gasteiger partial charge in [0, 0.05) is 12.1 Å². The van der Waals surface area contributed by atoms with Crippen molar-refractivity contribution in [3.8, 4) is 0 Å². The number of aliphatic hydroxyl groups is 1. The molecule has 1 aromatic carbocycles. The van der Waals surface area contributed by atoms with Gasteiger partial charge in [0.2, 0.25) is 5.69 Å². The highest BCUT2D eigenvalue weighted by molar-refractivity contribution is 5.23. The van der Waals surface area contributed by atoms with E-state index in [1.54, 1.807) is 30.3 Å². The smallest absolute Gasteiger partial charge is 0.226 e. The number of pyridine rings is 1. The molecule has 1 aromatic heterocycles. The van der Waals surface area contributed by atoms with Crippen LogP contribution in [0, 0.1) is 5.21 Å². The van der Waals surface area contributed by atoms with Crippen molar-refractivity contribution >= 4 is 0 Å². The Kier molecular flexibility index (Phi) is 2.65. The molecule has 0 fully saturated rings. The van der Waals surface area contributed by atoms with Gasteiger partial charge in [0.05, 0.1) is 0 Å². The van der Waals surface area contributed by atoms with Crippen molar-refractivity contribution in [2.24, 2.45) is 0 Å². The summed E-state index contributed by atoms with van der Waals surface area (Å²) in [5, 5.41) is 21.3. The Hall–Kier alpha value is -1.87. The molecule has 2 rings (SSSR count). The number of aromatic nitrogens is 1. The van der Waals surface area contributed by atoms with E-state index >= 15 is 0 Å². The van der Waals surface area contributed by atoms with Crippen LogP contribution in [0.1, 0.15) is 17.4 Å². The van der Waals surface area contributed by atoms with Crippen LogP contribution in [-0.2, 0) is 0 Å². The molecule has 15 heavy (non-hydrogen) atoms. The van der Waals surface area contributed by atoms with Crippen molar-refractivity contribution in [3.63, 3.8) is 0 Å². The van der Waals surface area contributed by atoms with Gasteiger partial charge in [-0.25, -0.2) is 0 Å². The third-order valence-corrected chi connectivity index (χ3v) is 2.25. The molecule has 0 unspecified atom stereocenters. The average Bonchev–Trinajstić information content (AvgIpc) is 2.30. The Morgan fingerprint density at radius 2 is 1.67 bits per heavy atom. The lowest BCUT2D eigenvalue weighted by Gasteiger charge is -2.10. The van der Waals surface area contributed by atoms with Crippen LogP contribution in [0.25, 0.3) is 0 Å². The number of rotatable bonds is 2. The van der Waals surface area contributed by atoms with Crippen molar-refractivity contribution < 1.29 is 9.84 Å². The molecule has 1 heterocycles. The highest BCUT2D eigenvalue weighted by Crippen LogP contribution is 2.17. The van der Waals surface area contributed by atoms with Gasteiger partial charge in [-0.3, -0.25) is 0 Å². The fourth-order valence-electron chi connectivity index (χ4n) is 1.46. The van der Waals surface area contributed by atoms with Gasteiger partial charge in [-0.1, -0.05) is 30.3 Å². The largest absolute Gasteiger partial charge is 0.618 e. The van der Waals surface area contributed by atoms with E-state index in [4.69, 9.17) is 0 Å². The molecule has 0 saturated carbocycles. The molecule has 1 atom stereocenters. The van der Waals surface area contributed by atoms with Crippen molar-refractivity contribution in [3.05, 3.63) is 71.2 Å². The van der Waals surface area contributed by atoms with E-state index in [-0.39, 0.29) is 0 Å². The van der Waals surface area contributed by atoms with Crippen molar-refractivity contribution in [2.45, 2.75) is 6.10 Å². The van der Waals surface area contributed by atoms with Crippen LogP contribution in [0.3, 0.4) is 0 Å². The van der Waals surface area contributed by atoms with Crippen molar-refractivity contribution in [2.75, 3.05) is 0 Å². The maximum Gasteiger partial charge on any atom is 0.226 e. The summed E-state index contributed by atoms with van der Waals surface area (Å²) in [5.74, 6) is 0. The third-order valence-electron chi connectivity index (χ3n) is 2.25. The van der Waals surface area contributed by atoms with Crippen LogP contribution < -0.4 is 4.73 Å². The first-order chi connectivity index (χ1) is 7.29. The van der Waals surface area contributed by atoms with Gasteiger partial charge in [-0.05, 0) is 11.6 Å². The molecule has 3 heteroatoms. The maximum absolute atomic E-state index is 11.4. The maximum atomic E-state index is 11.4. The quantitative estimate of drug-likeness (QED) is 0.589. The monoisotopic (exact) mass is 201 g/mol. The van der Waals surface area contributed by atoms with Gasteiger partial charge in [-0.2, -0.15) is 4.73 Å². The predicted octanol–water partition coefficient (Wildman–Crippen LogP) is 1.40. The van der Waals surface area contributed by atoms with E-state index in [1.165, 1.54) is 6.20 Å². The number of benzene rings is 1. The minimum Gasteiger partial charge on any atom is -0.618 e. The molecular formula is C12H11NO2. The lowest BCUT2D eigenvalue weighted by atomic mass is 10.1. The zero-order valence-corrected chi connectivity index (χ0v) is 8.08. The van der Waals surface area contributed by atoms with E-state index in [1.807, 2.05) is 18.2 Å². The summed E-state index contributed by atoms with van der Waals surface area (Å²) >= 11 is 0. The Labute approximate surface area is 87.8 Å². The molecule has 0 bridgehead atoms. The van der Waals surface area contributed by atoms with E-state index in [9.17, 15) is 10.3 Å². The van der Waals surface area contributed by atoms with Crippen LogP contribution in [-0.4, -0.2) is 5.11 Å². The Bertz CT molecular complexity index is 442. The van der Waals surface area contributed by atoms with Crippen LogP contribution in [0.4, 0.5) is 0 Å². The van der Waals surface area contributed by atoms with Crippen molar-refractivity contribution in [1.82, 2.24) is 0 Å². The van der Waals surface area contributed by atoms with E-state index in [0.717, 1.165) is 0 Å². The predicted molar refractivity (Wildman–Crippen MR) is 55.9 cm³/mol. The summed E-state index contributed by atoms with van der Waals surface area (Å²) in [4.78, 5) is 0. The fraction of sp³-hybridized carbons (Fsp3) is 0.0833. The molecule has 76 valence electrons. The minimum atomic E-state index is -0.870. The normalized spacial score (nSPS) is 12.3. The molecule has 0 spiro atoms. The standard InChI is InChI=1S/C12H11NO2/c14-12(10-6-2-1-3-7-10)11-8-4-5-9-13(11)15/h1-9,12,14H/t12-/m0/s1. The minimum absolute atomic E-state index is 0.337. The highest BCUT2D eigenvalue weighted by Gasteiger charge is 2.17. The molecule has 3 nitrogen and oxygen atoms in total. The molecular weight excluding hydrogens is 190 g/mol. The molecule has 0 aliphatic rings. The first-order valence-corrected chi connectivity index (χ1v) is 4.70. The number of nitrogens with zero attached hydrogens (tertiary/aromatic N) is 1. The Morgan fingerprint density at radius 1 is 1.00 bits per heavy atom. The summed E-state index contributed by atoms with van der Waals surface area (Å²) < 4.78 is 0.678. The third kappa shape index (κ3) is 1.97. The Morgan fingerprint density at radius 3 is 2.33 bits per heavy atom. The van der Waals surface area contributed by atoms with Crippen LogP contribution in [0.5, 0.6) is 0 Å². The summed E-state index contributed by atoms with van der Waals surface area (Å²) in [5.41, 5.74) is 1.05.